The van der Waals surface area contributed by atoms with Crippen molar-refractivity contribution in [1.82, 2.24) is 9.55 Å². The van der Waals surface area contributed by atoms with Crippen LogP contribution in [0.1, 0.15) is 0 Å². The number of anilines is 1. The van der Waals surface area contributed by atoms with Gasteiger partial charge in [0.15, 0.2) is 11.5 Å². The predicted molar refractivity (Wildman–Crippen MR) is 100 cm³/mol. The molecule has 0 radical (unpaired) electrons. The molecule has 1 aromatic heterocycles. The van der Waals surface area contributed by atoms with Gasteiger partial charge in [0, 0.05) is 28.4 Å². The summed E-state index contributed by atoms with van der Waals surface area (Å²) >= 11 is 5.87. The summed E-state index contributed by atoms with van der Waals surface area (Å²) in [6, 6.07) is 13.5. The number of hydrogen-bond donors (Lipinski definition) is 1. The van der Waals surface area contributed by atoms with Crippen LogP contribution < -0.4 is 20.3 Å². The van der Waals surface area contributed by atoms with Gasteiger partial charge >= 0.3 is 0 Å². The maximum Gasteiger partial charge on any atom is 0.254 e. The zero-order chi connectivity index (χ0) is 18.8. The van der Waals surface area contributed by atoms with Gasteiger partial charge in [0.2, 0.25) is 12.7 Å². The number of halogens is 1. The highest BCUT2D eigenvalue weighted by Gasteiger charge is 2.14. The van der Waals surface area contributed by atoms with Gasteiger partial charge in [-0.3, -0.25) is 14.2 Å². The number of carbonyl (C=O) groups is 1. The van der Waals surface area contributed by atoms with E-state index in [0.29, 0.717) is 27.9 Å². The Labute approximate surface area is 159 Å². The average Bonchev–Trinajstić information content (AvgIpc) is 3.12. The third-order valence-corrected chi connectivity index (χ3v) is 4.24. The fourth-order valence-corrected chi connectivity index (χ4v) is 2.78. The maximum absolute atomic E-state index is 12.3. The lowest BCUT2D eigenvalue weighted by Crippen LogP contribution is -2.27. The van der Waals surface area contributed by atoms with Gasteiger partial charge in [0.1, 0.15) is 6.54 Å². The van der Waals surface area contributed by atoms with Crippen LogP contribution in [0.5, 0.6) is 11.5 Å². The Morgan fingerprint density at radius 1 is 1.11 bits per heavy atom. The molecule has 0 unspecified atom stereocenters. The molecule has 136 valence electrons. The molecule has 27 heavy (non-hydrogen) atoms. The first kappa shape index (κ1) is 17.1. The van der Waals surface area contributed by atoms with Crippen LogP contribution in [0, 0.1) is 0 Å². The van der Waals surface area contributed by atoms with Crippen molar-refractivity contribution in [2.24, 2.45) is 0 Å². The van der Waals surface area contributed by atoms with Crippen molar-refractivity contribution in [1.29, 1.82) is 0 Å². The second kappa shape index (κ2) is 7.13. The number of fused-ring (bicyclic) bond motifs is 1. The second-order valence-corrected chi connectivity index (χ2v) is 6.30. The molecule has 0 bridgehead atoms. The summed E-state index contributed by atoms with van der Waals surface area (Å²) in [5, 5.41) is 3.33. The summed E-state index contributed by atoms with van der Waals surface area (Å²) in [5.41, 5.74) is 1.52. The molecule has 0 saturated heterocycles. The topological polar surface area (TPSA) is 82.5 Å². The third-order valence-electron chi connectivity index (χ3n) is 3.99. The Kier molecular flexibility index (Phi) is 4.52. The summed E-state index contributed by atoms with van der Waals surface area (Å²) in [5.74, 6) is 0.849. The Morgan fingerprint density at radius 2 is 1.89 bits per heavy atom. The van der Waals surface area contributed by atoms with Gasteiger partial charge in [-0.25, -0.2) is 4.98 Å². The highest BCUT2D eigenvalue weighted by Crippen LogP contribution is 2.34. The van der Waals surface area contributed by atoms with E-state index in [4.69, 9.17) is 21.1 Å². The third kappa shape index (κ3) is 3.78. The molecule has 0 spiro atoms. The van der Waals surface area contributed by atoms with Crippen LogP contribution in [0.3, 0.4) is 0 Å². The Balaban J connectivity index is 1.46. The molecular formula is C19H14ClN3O4. The van der Waals surface area contributed by atoms with Crippen molar-refractivity contribution >= 4 is 23.2 Å². The normalized spacial score (nSPS) is 12.0. The first-order valence-corrected chi connectivity index (χ1v) is 8.48. The predicted octanol–water partition coefficient (Wildman–Crippen LogP) is 2.93. The number of hydrogen-bond acceptors (Lipinski definition) is 5. The minimum absolute atomic E-state index is 0.152. The number of carbonyl (C=O) groups excluding carboxylic acids is 1. The van der Waals surface area contributed by atoms with Crippen molar-refractivity contribution in [2.45, 2.75) is 6.54 Å². The van der Waals surface area contributed by atoms with Crippen LogP contribution in [0.25, 0.3) is 11.3 Å². The van der Waals surface area contributed by atoms with E-state index in [1.807, 2.05) is 0 Å². The van der Waals surface area contributed by atoms with Gasteiger partial charge in [-0.1, -0.05) is 23.7 Å². The zero-order valence-corrected chi connectivity index (χ0v) is 14.8. The lowest BCUT2D eigenvalue weighted by atomic mass is 10.1. The summed E-state index contributed by atoms with van der Waals surface area (Å²) in [4.78, 5) is 28.8. The monoisotopic (exact) mass is 383 g/mol. The van der Waals surface area contributed by atoms with Gasteiger partial charge in [0.25, 0.3) is 5.56 Å². The fourth-order valence-electron chi connectivity index (χ4n) is 2.65. The van der Waals surface area contributed by atoms with Crippen molar-refractivity contribution in [3.05, 3.63) is 70.2 Å². The molecule has 3 aromatic rings. The molecule has 0 atom stereocenters. The van der Waals surface area contributed by atoms with Crippen LogP contribution >= 0.6 is 11.6 Å². The molecule has 8 heteroatoms. The Bertz CT molecular complexity index is 1060. The summed E-state index contributed by atoms with van der Waals surface area (Å²) < 4.78 is 11.7. The number of benzene rings is 2. The molecule has 7 nitrogen and oxygen atoms in total. The molecule has 1 aliphatic heterocycles. The molecule has 0 fully saturated rings. The van der Waals surface area contributed by atoms with Crippen LogP contribution in [-0.4, -0.2) is 22.3 Å². The van der Waals surface area contributed by atoms with E-state index < -0.39 is 0 Å². The van der Waals surface area contributed by atoms with Gasteiger partial charge in [0.05, 0.1) is 12.0 Å². The highest BCUT2D eigenvalue weighted by molar-refractivity contribution is 6.30. The average molecular weight is 384 g/mol. The van der Waals surface area contributed by atoms with E-state index in [1.54, 1.807) is 42.5 Å². The molecule has 0 aliphatic carbocycles. The maximum atomic E-state index is 12.3. The SMILES string of the molecule is O=C(Cn1cnc(-c2ccc(Cl)cc2)cc1=O)Nc1ccc2c(c1)OCO2. The summed E-state index contributed by atoms with van der Waals surface area (Å²) in [6.45, 7) is 0.00887. The van der Waals surface area contributed by atoms with Crippen LogP contribution in [0.2, 0.25) is 5.02 Å². The van der Waals surface area contributed by atoms with Crippen molar-refractivity contribution in [2.75, 3.05) is 12.1 Å². The van der Waals surface area contributed by atoms with E-state index >= 15 is 0 Å². The number of amides is 1. The minimum atomic E-state index is -0.350. The lowest BCUT2D eigenvalue weighted by Gasteiger charge is -2.08. The number of rotatable bonds is 4. The number of ether oxygens (including phenoxy) is 2. The first-order chi connectivity index (χ1) is 13.1. The molecule has 2 aromatic carbocycles. The zero-order valence-electron chi connectivity index (χ0n) is 14.0. The van der Waals surface area contributed by atoms with Crippen molar-refractivity contribution < 1.29 is 14.3 Å². The number of nitrogens with one attached hydrogen (secondary N) is 1. The summed E-state index contributed by atoms with van der Waals surface area (Å²) in [7, 11) is 0. The van der Waals surface area contributed by atoms with Gasteiger partial charge in [-0.15, -0.1) is 0 Å². The summed E-state index contributed by atoms with van der Waals surface area (Å²) in [6.07, 6.45) is 1.35. The van der Waals surface area contributed by atoms with Crippen LogP contribution in [0.15, 0.2) is 59.7 Å². The van der Waals surface area contributed by atoms with E-state index in [9.17, 15) is 9.59 Å². The second-order valence-electron chi connectivity index (χ2n) is 5.86. The van der Waals surface area contributed by atoms with E-state index in [2.05, 4.69) is 10.3 Å². The lowest BCUT2D eigenvalue weighted by molar-refractivity contribution is -0.116. The van der Waals surface area contributed by atoms with Gasteiger partial charge in [-0.2, -0.15) is 0 Å². The molecule has 1 N–H and O–H groups in total. The van der Waals surface area contributed by atoms with E-state index in [1.165, 1.54) is 17.0 Å². The number of nitrogens with zero attached hydrogens (tertiary/aromatic N) is 2. The van der Waals surface area contributed by atoms with Crippen LogP contribution in [0.4, 0.5) is 5.69 Å². The molecule has 1 aliphatic rings. The Hall–Kier alpha value is -3.32. The highest BCUT2D eigenvalue weighted by atomic mass is 35.5. The standard InChI is InChI=1S/C19H14ClN3O4/c20-13-3-1-12(2-4-13)15-8-19(25)23(10-21-15)9-18(24)22-14-5-6-16-17(7-14)27-11-26-16/h1-8,10H,9,11H2,(H,22,24). The van der Waals surface area contributed by atoms with Crippen LogP contribution in [-0.2, 0) is 11.3 Å². The molecule has 4 rings (SSSR count). The van der Waals surface area contributed by atoms with Crippen molar-refractivity contribution in [3.63, 3.8) is 0 Å². The molecule has 0 saturated carbocycles. The van der Waals surface area contributed by atoms with E-state index in [-0.39, 0.29) is 24.8 Å². The Morgan fingerprint density at radius 3 is 2.67 bits per heavy atom. The number of aromatic nitrogens is 2. The van der Waals surface area contributed by atoms with E-state index in [0.717, 1.165) is 5.56 Å². The van der Waals surface area contributed by atoms with Gasteiger partial charge < -0.3 is 14.8 Å². The van der Waals surface area contributed by atoms with Gasteiger partial charge in [-0.05, 0) is 24.3 Å². The smallest absolute Gasteiger partial charge is 0.254 e. The van der Waals surface area contributed by atoms with Crippen molar-refractivity contribution in [3.8, 4) is 22.8 Å². The molecular weight excluding hydrogens is 370 g/mol. The molecule has 2 heterocycles. The minimum Gasteiger partial charge on any atom is -0.454 e. The quantitative estimate of drug-likeness (QED) is 0.749. The first-order valence-electron chi connectivity index (χ1n) is 8.10. The fraction of sp³-hybridized carbons (Fsp3) is 0.105. The molecule has 1 amide bonds. The largest absolute Gasteiger partial charge is 0.454 e.